The first-order valence-corrected chi connectivity index (χ1v) is 10.1. The Kier molecular flexibility index (Phi) is 9.12. The largest absolute Gasteiger partial charge is 0.496 e. The molecule has 2 aromatic rings. The Labute approximate surface area is 182 Å². The molecule has 0 aliphatic rings. The molecule has 0 bridgehead atoms. The summed E-state index contributed by atoms with van der Waals surface area (Å²) in [5.74, 6) is 0.431. The van der Waals surface area contributed by atoms with Crippen LogP contribution in [0, 0.1) is 5.82 Å². The second-order valence-corrected chi connectivity index (χ2v) is 6.95. The molecule has 0 saturated carbocycles. The molecule has 1 atom stereocenters. The first kappa shape index (κ1) is 24.0. The monoisotopic (exact) mass is 432 g/mol. The van der Waals surface area contributed by atoms with E-state index in [0.717, 1.165) is 6.42 Å². The second-order valence-electron chi connectivity index (χ2n) is 6.95. The Morgan fingerprint density at radius 2 is 1.61 bits per heavy atom. The topological polar surface area (TPSA) is 77.1 Å². The quantitative estimate of drug-likeness (QED) is 0.590. The van der Waals surface area contributed by atoms with Crippen LogP contribution >= 0.6 is 0 Å². The summed E-state index contributed by atoms with van der Waals surface area (Å²) in [4.78, 5) is 26.9. The van der Waals surface area contributed by atoms with Crippen LogP contribution in [0.15, 0.2) is 42.5 Å². The Hall–Kier alpha value is -3.29. The van der Waals surface area contributed by atoms with Crippen molar-refractivity contribution in [3.63, 3.8) is 0 Å². The third-order valence-corrected chi connectivity index (χ3v) is 4.67. The van der Waals surface area contributed by atoms with Crippen LogP contribution in [0.4, 0.5) is 4.39 Å². The third-order valence-electron chi connectivity index (χ3n) is 4.67. The van der Waals surface area contributed by atoms with Gasteiger partial charge in [-0.25, -0.2) is 4.39 Å². The lowest BCUT2D eigenvalue weighted by Crippen LogP contribution is -2.49. The Morgan fingerprint density at radius 1 is 1.03 bits per heavy atom. The minimum Gasteiger partial charge on any atom is -0.496 e. The highest BCUT2D eigenvalue weighted by molar-refractivity contribution is 5.87. The molecule has 0 fully saturated rings. The van der Waals surface area contributed by atoms with E-state index in [4.69, 9.17) is 14.2 Å². The van der Waals surface area contributed by atoms with Crippen molar-refractivity contribution in [3.05, 3.63) is 53.8 Å². The molecule has 2 amide bonds. The number of nitrogens with one attached hydrogen (secondary N) is 1. The van der Waals surface area contributed by atoms with Crippen LogP contribution < -0.4 is 19.5 Å². The molecule has 0 aromatic heterocycles. The van der Waals surface area contributed by atoms with Gasteiger partial charge >= 0.3 is 0 Å². The molecule has 0 saturated heterocycles. The van der Waals surface area contributed by atoms with E-state index in [1.807, 2.05) is 6.92 Å². The number of benzene rings is 2. The maximum Gasteiger partial charge on any atom is 0.261 e. The van der Waals surface area contributed by atoms with Gasteiger partial charge in [0.1, 0.15) is 29.1 Å². The summed E-state index contributed by atoms with van der Waals surface area (Å²) in [7, 11) is 3.04. The lowest BCUT2D eigenvalue weighted by atomic mass is 10.1. The van der Waals surface area contributed by atoms with Crippen molar-refractivity contribution in [2.75, 3.05) is 27.4 Å². The highest BCUT2D eigenvalue weighted by Crippen LogP contribution is 2.27. The number of methoxy groups -OCH3 is 2. The van der Waals surface area contributed by atoms with Gasteiger partial charge in [-0.3, -0.25) is 9.59 Å². The average Bonchev–Trinajstić information content (AvgIpc) is 2.79. The molecule has 2 rings (SSSR count). The fourth-order valence-electron chi connectivity index (χ4n) is 2.86. The predicted octanol–water partition coefficient (Wildman–Crippen LogP) is 3.17. The molecule has 168 valence electrons. The molecule has 31 heavy (non-hydrogen) atoms. The fraction of sp³-hybridized carbons (Fsp3) is 0.391. The number of amides is 2. The average molecular weight is 432 g/mol. The van der Waals surface area contributed by atoms with E-state index in [1.54, 1.807) is 37.3 Å². The molecule has 0 unspecified atom stereocenters. The van der Waals surface area contributed by atoms with Crippen molar-refractivity contribution >= 4 is 11.8 Å². The van der Waals surface area contributed by atoms with Crippen LogP contribution in [-0.2, 0) is 16.1 Å². The van der Waals surface area contributed by atoms with Crippen LogP contribution in [0.2, 0.25) is 0 Å². The molecule has 0 heterocycles. The number of hydrogen-bond acceptors (Lipinski definition) is 5. The Bertz CT molecular complexity index is 851. The van der Waals surface area contributed by atoms with Crippen molar-refractivity contribution in [2.24, 2.45) is 0 Å². The zero-order chi connectivity index (χ0) is 22.8. The van der Waals surface area contributed by atoms with E-state index in [1.165, 1.54) is 31.3 Å². The smallest absolute Gasteiger partial charge is 0.261 e. The van der Waals surface area contributed by atoms with E-state index < -0.39 is 6.04 Å². The van der Waals surface area contributed by atoms with Crippen LogP contribution in [-0.4, -0.2) is 50.1 Å². The number of nitrogens with zero attached hydrogens (tertiary/aromatic N) is 1. The third kappa shape index (κ3) is 7.16. The number of carbonyl (C=O) groups excluding carboxylic acids is 2. The minimum absolute atomic E-state index is 0.143. The zero-order valence-corrected chi connectivity index (χ0v) is 18.3. The van der Waals surface area contributed by atoms with Crippen molar-refractivity contribution in [1.29, 1.82) is 0 Å². The molecule has 0 radical (unpaired) electrons. The summed E-state index contributed by atoms with van der Waals surface area (Å²) in [6.07, 6.45) is 0.783. The molecule has 0 aliphatic heterocycles. The number of ether oxygens (including phenoxy) is 3. The summed E-state index contributed by atoms with van der Waals surface area (Å²) in [6.45, 7) is 3.97. The molecule has 7 nitrogen and oxygen atoms in total. The van der Waals surface area contributed by atoms with Crippen LogP contribution in [0.5, 0.6) is 17.2 Å². The maximum atomic E-state index is 13.3. The van der Waals surface area contributed by atoms with E-state index >= 15 is 0 Å². The Balaban J connectivity index is 2.16. The predicted molar refractivity (Wildman–Crippen MR) is 115 cm³/mol. The van der Waals surface area contributed by atoms with Gasteiger partial charge in [0.05, 0.1) is 14.2 Å². The number of halogens is 1. The molecule has 8 heteroatoms. The van der Waals surface area contributed by atoms with Gasteiger partial charge in [0.25, 0.3) is 5.91 Å². The molecule has 0 spiro atoms. The van der Waals surface area contributed by atoms with Gasteiger partial charge in [-0.1, -0.05) is 19.1 Å². The summed E-state index contributed by atoms with van der Waals surface area (Å²) >= 11 is 0. The van der Waals surface area contributed by atoms with Crippen LogP contribution in [0.3, 0.4) is 0 Å². The van der Waals surface area contributed by atoms with E-state index in [0.29, 0.717) is 29.4 Å². The van der Waals surface area contributed by atoms with E-state index in [2.05, 4.69) is 5.32 Å². The summed E-state index contributed by atoms with van der Waals surface area (Å²) in [6, 6.07) is 10.0. The standard InChI is InChI=1S/C23H29FN2O5/c1-5-10-25-23(28)16(2)26(14-17-6-8-18(24)9-7-17)22(27)15-31-21-12-19(29-3)11-20(13-21)30-4/h6-9,11-13,16H,5,10,14-15H2,1-4H3,(H,25,28)/t16-/m1/s1. The normalized spacial score (nSPS) is 11.4. The first-order valence-electron chi connectivity index (χ1n) is 10.1. The summed E-state index contributed by atoms with van der Waals surface area (Å²) in [5.41, 5.74) is 0.702. The number of hydrogen-bond donors (Lipinski definition) is 1. The van der Waals surface area contributed by atoms with Gasteiger partial charge in [0, 0.05) is 31.3 Å². The fourth-order valence-corrected chi connectivity index (χ4v) is 2.86. The summed E-state index contributed by atoms with van der Waals surface area (Å²) in [5, 5.41) is 2.80. The minimum atomic E-state index is -0.729. The second kappa shape index (κ2) is 11.8. The number of rotatable bonds is 11. The first-order chi connectivity index (χ1) is 14.9. The highest BCUT2D eigenvalue weighted by Gasteiger charge is 2.26. The lowest BCUT2D eigenvalue weighted by Gasteiger charge is -2.28. The molecular formula is C23H29FN2O5. The molecule has 2 aromatic carbocycles. The van der Waals surface area contributed by atoms with Crippen molar-refractivity contribution in [3.8, 4) is 17.2 Å². The van der Waals surface area contributed by atoms with Crippen molar-refractivity contribution < 1.29 is 28.2 Å². The van der Waals surface area contributed by atoms with E-state index in [9.17, 15) is 14.0 Å². The van der Waals surface area contributed by atoms with Crippen molar-refractivity contribution in [1.82, 2.24) is 10.2 Å². The SMILES string of the molecule is CCCNC(=O)[C@@H](C)N(Cc1ccc(F)cc1)C(=O)COc1cc(OC)cc(OC)c1. The summed E-state index contributed by atoms with van der Waals surface area (Å²) < 4.78 is 29.3. The van der Waals surface area contributed by atoms with Gasteiger partial charge < -0.3 is 24.4 Å². The highest BCUT2D eigenvalue weighted by atomic mass is 19.1. The van der Waals surface area contributed by atoms with Crippen molar-refractivity contribution in [2.45, 2.75) is 32.9 Å². The van der Waals surface area contributed by atoms with Gasteiger partial charge in [0.15, 0.2) is 6.61 Å². The zero-order valence-electron chi connectivity index (χ0n) is 18.3. The lowest BCUT2D eigenvalue weighted by molar-refractivity contribution is -0.142. The van der Waals surface area contributed by atoms with E-state index in [-0.39, 0.29) is 30.8 Å². The maximum absolute atomic E-state index is 13.3. The van der Waals surface area contributed by atoms with Crippen LogP contribution in [0.25, 0.3) is 0 Å². The van der Waals surface area contributed by atoms with Gasteiger partial charge in [-0.05, 0) is 31.0 Å². The van der Waals surface area contributed by atoms with Gasteiger partial charge in [-0.2, -0.15) is 0 Å². The van der Waals surface area contributed by atoms with Crippen LogP contribution in [0.1, 0.15) is 25.8 Å². The Morgan fingerprint density at radius 3 is 2.16 bits per heavy atom. The molecular weight excluding hydrogens is 403 g/mol. The molecule has 1 N–H and O–H groups in total. The van der Waals surface area contributed by atoms with Gasteiger partial charge in [0.2, 0.25) is 5.91 Å². The van der Waals surface area contributed by atoms with Gasteiger partial charge in [-0.15, -0.1) is 0 Å². The number of carbonyl (C=O) groups is 2. The molecule has 0 aliphatic carbocycles.